The number of para-hydroxylation sites is 1. The lowest BCUT2D eigenvalue weighted by Gasteiger charge is -2.25. The number of imide groups is 1. The Kier molecular flexibility index (Phi) is 5.08. The van der Waals surface area contributed by atoms with Crippen LogP contribution >= 0.6 is 23.5 Å². The number of ether oxygens (including phenoxy) is 1. The summed E-state index contributed by atoms with van der Waals surface area (Å²) in [4.78, 5) is 24.1. The van der Waals surface area contributed by atoms with Crippen LogP contribution in [0.25, 0.3) is 0 Å². The molecule has 2 amide bonds. The maximum absolute atomic E-state index is 11.6. The Hall–Kier alpha value is -2.12. The molecule has 2 aliphatic rings. The molecule has 0 aromatic heterocycles. The summed E-state index contributed by atoms with van der Waals surface area (Å²) in [7, 11) is 0. The molecule has 2 atom stereocenters. The molecule has 0 radical (unpaired) electrons. The van der Waals surface area contributed by atoms with Crippen molar-refractivity contribution in [3.05, 3.63) is 54.1 Å². The van der Waals surface area contributed by atoms with Crippen molar-refractivity contribution in [2.45, 2.75) is 21.8 Å². The Balaban J connectivity index is 1.30. The van der Waals surface area contributed by atoms with E-state index in [0.29, 0.717) is 18.3 Å². The molecule has 2 aliphatic heterocycles. The van der Waals surface area contributed by atoms with Gasteiger partial charge in [0.25, 0.3) is 5.24 Å². The average Bonchev–Trinajstić information content (AvgIpc) is 2.98. The zero-order valence-electron chi connectivity index (χ0n) is 13.9. The van der Waals surface area contributed by atoms with Gasteiger partial charge in [0, 0.05) is 17.1 Å². The molecular weight excluding hydrogens is 368 g/mol. The van der Waals surface area contributed by atoms with Gasteiger partial charge >= 0.3 is 0 Å². The smallest absolute Gasteiger partial charge is 0.286 e. The first kappa shape index (κ1) is 17.3. The molecule has 0 spiro atoms. The highest BCUT2D eigenvalue weighted by atomic mass is 32.2. The average molecular weight is 386 g/mol. The van der Waals surface area contributed by atoms with E-state index in [4.69, 9.17) is 4.74 Å². The van der Waals surface area contributed by atoms with E-state index in [9.17, 15) is 9.59 Å². The van der Waals surface area contributed by atoms with Gasteiger partial charge in [0.05, 0.1) is 10.5 Å². The standard InChI is InChI=1S/C19H18N2O3S2/c22-18-17(26-19(23)21-18)9-12-5-7-13(8-6-12)24-11-14-10-20-15-3-1-2-4-16(15)25-14/h1-8,14,17,20H,9-11H2,(H,21,22,23). The van der Waals surface area contributed by atoms with Crippen LogP contribution in [0.3, 0.4) is 0 Å². The predicted molar refractivity (Wildman–Crippen MR) is 105 cm³/mol. The van der Waals surface area contributed by atoms with E-state index in [1.165, 1.54) is 10.6 Å². The molecule has 0 aliphatic carbocycles. The van der Waals surface area contributed by atoms with Gasteiger partial charge in [0.2, 0.25) is 5.91 Å². The number of hydrogen-bond donors (Lipinski definition) is 2. The second-order valence-corrected chi connectivity index (χ2v) is 8.68. The fourth-order valence-corrected chi connectivity index (χ4v) is 4.85. The summed E-state index contributed by atoms with van der Waals surface area (Å²) in [6.07, 6.45) is 0.543. The number of benzene rings is 2. The summed E-state index contributed by atoms with van der Waals surface area (Å²) < 4.78 is 5.92. The van der Waals surface area contributed by atoms with Crippen LogP contribution in [0.1, 0.15) is 5.56 Å². The van der Waals surface area contributed by atoms with Crippen molar-refractivity contribution < 1.29 is 14.3 Å². The molecule has 2 heterocycles. The number of nitrogens with one attached hydrogen (secondary N) is 2. The Bertz CT molecular complexity index is 826. The normalized spacial score (nSPS) is 21.7. The van der Waals surface area contributed by atoms with Gasteiger partial charge in [-0.2, -0.15) is 0 Å². The summed E-state index contributed by atoms with van der Waals surface area (Å²) in [5.74, 6) is 0.607. The summed E-state index contributed by atoms with van der Waals surface area (Å²) in [5.41, 5.74) is 2.20. The van der Waals surface area contributed by atoms with Crippen molar-refractivity contribution in [3.63, 3.8) is 0 Å². The van der Waals surface area contributed by atoms with Crippen molar-refractivity contribution >= 4 is 40.4 Å². The lowest BCUT2D eigenvalue weighted by atomic mass is 10.1. The molecule has 5 nitrogen and oxygen atoms in total. The summed E-state index contributed by atoms with van der Waals surface area (Å²) in [5, 5.41) is 5.51. The Morgan fingerprint density at radius 1 is 1.04 bits per heavy atom. The number of fused-ring (bicyclic) bond motifs is 1. The lowest BCUT2D eigenvalue weighted by Crippen LogP contribution is -2.27. The predicted octanol–water partition coefficient (Wildman–Crippen LogP) is 3.55. The number of carbonyl (C=O) groups is 2. The molecule has 2 unspecified atom stereocenters. The molecule has 2 aromatic carbocycles. The molecule has 26 heavy (non-hydrogen) atoms. The molecule has 134 valence electrons. The molecule has 7 heteroatoms. The Morgan fingerprint density at radius 3 is 2.62 bits per heavy atom. The number of carbonyl (C=O) groups excluding carboxylic acids is 2. The maximum atomic E-state index is 11.6. The molecule has 1 fully saturated rings. The fraction of sp³-hybridized carbons (Fsp3) is 0.263. The quantitative estimate of drug-likeness (QED) is 0.819. The monoisotopic (exact) mass is 386 g/mol. The zero-order valence-corrected chi connectivity index (χ0v) is 15.6. The third kappa shape index (κ3) is 3.99. The van der Waals surface area contributed by atoms with E-state index in [1.807, 2.05) is 48.2 Å². The fourth-order valence-electron chi connectivity index (χ4n) is 2.91. The van der Waals surface area contributed by atoms with Gasteiger partial charge in [0.15, 0.2) is 0 Å². The van der Waals surface area contributed by atoms with Crippen LogP contribution in [-0.4, -0.2) is 34.8 Å². The molecule has 0 bridgehead atoms. The van der Waals surface area contributed by atoms with E-state index >= 15 is 0 Å². The van der Waals surface area contributed by atoms with Crippen LogP contribution in [0, 0.1) is 0 Å². The van der Waals surface area contributed by atoms with Crippen LogP contribution in [0.15, 0.2) is 53.4 Å². The molecule has 0 saturated carbocycles. The first-order chi connectivity index (χ1) is 12.7. The third-order valence-corrected chi connectivity index (χ3v) is 6.48. The second-order valence-electron chi connectivity index (χ2n) is 6.16. The van der Waals surface area contributed by atoms with Crippen molar-refractivity contribution in [3.8, 4) is 5.75 Å². The SMILES string of the molecule is O=C1NC(=O)C(Cc2ccc(OCC3CNc4ccccc4S3)cc2)S1. The number of hydrogen-bond acceptors (Lipinski definition) is 6. The highest BCUT2D eigenvalue weighted by molar-refractivity contribution is 8.15. The van der Waals surface area contributed by atoms with Gasteiger partial charge in [-0.15, -0.1) is 11.8 Å². The first-order valence-corrected chi connectivity index (χ1v) is 10.2. The van der Waals surface area contributed by atoms with E-state index in [0.717, 1.165) is 29.6 Å². The van der Waals surface area contributed by atoms with E-state index in [2.05, 4.69) is 22.8 Å². The van der Waals surface area contributed by atoms with E-state index < -0.39 is 0 Å². The highest BCUT2D eigenvalue weighted by Gasteiger charge is 2.31. The molecule has 4 rings (SSSR count). The lowest BCUT2D eigenvalue weighted by molar-refractivity contribution is -0.118. The number of thioether (sulfide) groups is 2. The van der Waals surface area contributed by atoms with Crippen molar-refractivity contribution in [1.82, 2.24) is 5.32 Å². The molecular formula is C19H18N2O3S2. The van der Waals surface area contributed by atoms with Crippen molar-refractivity contribution in [2.75, 3.05) is 18.5 Å². The number of rotatable bonds is 5. The van der Waals surface area contributed by atoms with Gasteiger partial charge in [-0.25, -0.2) is 0 Å². The van der Waals surface area contributed by atoms with Crippen molar-refractivity contribution in [2.24, 2.45) is 0 Å². The van der Waals surface area contributed by atoms with Gasteiger partial charge in [-0.3, -0.25) is 14.9 Å². The highest BCUT2D eigenvalue weighted by Crippen LogP contribution is 2.34. The third-order valence-electron chi connectivity index (χ3n) is 4.25. The Morgan fingerprint density at radius 2 is 1.85 bits per heavy atom. The second kappa shape index (κ2) is 7.63. The topological polar surface area (TPSA) is 67.4 Å². The van der Waals surface area contributed by atoms with Crippen LogP contribution in [-0.2, 0) is 11.2 Å². The maximum Gasteiger partial charge on any atom is 0.286 e. The summed E-state index contributed by atoms with van der Waals surface area (Å²) >= 11 is 2.89. The molecule has 2 N–H and O–H groups in total. The number of amides is 2. The van der Waals surface area contributed by atoms with Crippen LogP contribution < -0.4 is 15.4 Å². The van der Waals surface area contributed by atoms with Crippen LogP contribution in [0.5, 0.6) is 5.75 Å². The van der Waals surface area contributed by atoms with E-state index in [-0.39, 0.29) is 16.4 Å². The van der Waals surface area contributed by atoms with Gasteiger partial charge in [-0.05, 0) is 36.2 Å². The minimum Gasteiger partial charge on any atom is -0.492 e. The first-order valence-electron chi connectivity index (χ1n) is 8.40. The molecule has 1 saturated heterocycles. The van der Waals surface area contributed by atoms with Crippen LogP contribution in [0.2, 0.25) is 0 Å². The summed E-state index contributed by atoms with van der Waals surface area (Å²) in [6.45, 7) is 1.50. The number of anilines is 1. The molecule has 2 aromatic rings. The van der Waals surface area contributed by atoms with Gasteiger partial charge in [0.1, 0.15) is 12.4 Å². The van der Waals surface area contributed by atoms with E-state index in [1.54, 1.807) is 0 Å². The Labute approximate surface area is 160 Å². The van der Waals surface area contributed by atoms with Crippen molar-refractivity contribution in [1.29, 1.82) is 0 Å². The van der Waals surface area contributed by atoms with Crippen LogP contribution in [0.4, 0.5) is 10.5 Å². The van der Waals surface area contributed by atoms with Gasteiger partial charge < -0.3 is 10.1 Å². The zero-order chi connectivity index (χ0) is 17.9. The minimum atomic E-state index is -0.334. The van der Waals surface area contributed by atoms with Gasteiger partial charge in [-0.1, -0.05) is 36.0 Å². The summed E-state index contributed by atoms with van der Waals surface area (Å²) in [6, 6.07) is 16.0. The largest absolute Gasteiger partial charge is 0.492 e. The minimum absolute atomic E-state index is 0.206.